The van der Waals surface area contributed by atoms with Crippen molar-refractivity contribution in [3.8, 4) is 0 Å². The van der Waals surface area contributed by atoms with Gasteiger partial charge < -0.3 is 4.90 Å². The van der Waals surface area contributed by atoms with Gasteiger partial charge in [-0.05, 0) is 30.3 Å². The fourth-order valence-electron chi connectivity index (χ4n) is 4.01. The zero-order valence-corrected chi connectivity index (χ0v) is 15.9. The van der Waals surface area contributed by atoms with Crippen molar-refractivity contribution in [1.82, 2.24) is 10.2 Å². The molecule has 2 aliphatic heterocycles. The quantitative estimate of drug-likeness (QED) is 0.736. The Balaban J connectivity index is 1.58. The first-order chi connectivity index (χ1) is 12.1. The lowest BCUT2D eigenvalue weighted by Crippen LogP contribution is -2.57. The van der Waals surface area contributed by atoms with Crippen LogP contribution in [0.3, 0.4) is 0 Å². The zero-order chi connectivity index (χ0) is 18.9. The van der Waals surface area contributed by atoms with Gasteiger partial charge in [-0.15, -0.1) is 0 Å². The van der Waals surface area contributed by atoms with Crippen molar-refractivity contribution in [1.29, 1.82) is 0 Å². The van der Waals surface area contributed by atoms with Crippen molar-refractivity contribution < 1.29 is 14.4 Å². The van der Waals surface area contributed by atoms with Crippen molar-refractivity contribution in [3.63, 3.8) is 0 Å². The van der Waals surface area contributed by atoms with Crippen LogP contribution in [0.15, 0.2) is 35.5 Å². The molecule has 0 aromatic heterocycles. The fourth-order valence-corrected chi connectivity index (χ4v) is 4.01. The number of hydrogen-bond donors (Lipinski definition) is 1. The van der Waals surface area contributed by atoms with Crippen LogP contribution in [-0.4, -0.2) is 35.2 Å². The summed E-state index contributed by atoms with van der Waals surface area (Å²) >= 11 is 0. The lowest BCUT2D eigenvalue weighted by molar-refractivity contribution is -0.146. The largest absolute Gasteiger partial charge is 0.322 e. The standard InChI is InChI=1S/C21H26N2O3/c1-19(2,3)20(4)7-5-13-12-23(17(25)14(13)6-8-20)15-11-21(9-10-21)18(26)22-16(15)24/h5-8,15H,9-12H2,1-4H3,(H,22,24,26)/t15?,20-/m0/s1. The lowest BCUT2D eigenvalue weighted by Gasteiger charge is -2.37. The minimum Gasteiger partial charge on any atom is -0.322 e. The predicted octanol–water partition coefficient (Wildman–Crippen LogP) is 2.50. The van der Waals surface area contributed by atoms with Gasteiger partial charge in [-0.3, -0.25) is 19.7 Å². The monoisotopic (exact) mass is 354 g/mol. The van der Waals surface area contributed by atoms with Gasteiger partial charge in [-0.25, -0.2) is 0 Å². The van der Waals surface area contributed by atoms with Crippen molar-refractivity contribution in [2.24, 2.45) is 16.2 Å². The van der Waals surface area contributed by atoms with Crippen LogP contribution in [-0.2, 0) is 14.4 Å². The highest BCUT2D eigenvalue weighted by atomic mass is 16.2. The highest BCUT2D eigenvalue weighted by Crippen LogP contribution is 2.52. The molecule has 2 atom stereocenters. The number of imide groups is 1. The minimum atomic E-state index is -0.551. The fraction of sp³-hybridized carbons (Fsp3) is 0.571. The summed E-state index contributed by atoms with van der Waals surface area (Å²) in [7, 11) is 0. The average molecular weight is 354 g/mol. The Bertz CT molecular complexity index is 808. The molecule has 1 unspecified atom stereocenters. The number of nitrogens with zero attached hydrogens (tertiary/aromatic N) is 1. The SMILES string of the molecule is CC(C)(C)[C@@]1(C)C=CC2=C(C=C1)C(=O)N(C1CC3(CC3)C(=O)NC1=O)C2. The molecule has 1 spiro atoms. The molecule has 2 heterocycles. The summed E-state index contributed by atoms with van der Waals surface area (Å²) in [6.45, 7) is 9.15. The van der Waals surface area contributed by atoms with E-state index in [4.69, 9.17) is 0 Å². The highest BCUT2D eigenvalue weighted by molar-refractivity contribution is 6.08. The van der Waals surface area contributed by atoms with E-state index in [2.05, 4.69) is 45.2 Å². The summed E-state index contributed by atoms with van der Waals surface area (Å²) in [4.78, 5) is 39.1. The second-order valence-corrected chi connectivity index (χ2v) is 9.39. The van der Waals surface area contributed by atoms with Crippen LogP contribution in [0.4, 0.5) is 0 Å². The molecule has 4 rings (SSSR count). The van der Waals surface area contributed by atoms with Gasteiger partial charge in [0.1, 0.15) is 6.04 Å². The van der Waals surface area contributed by atoms with E-state index in [1.807, 2.05) is 12.2 Å². The number of carbonyl (C=O) groups is 3. The maximum Gasteiger partial charge on any atom is 0.255 e. The number of carbonyl (C=O) groups excluding carboxylic acids is 3. The van der Waals surface area contributed by atoms with Gasteiger partial charge in [-0.1, -0.05) is 52.0 Å². The van der Waals surface area contributed by atoms with Crippen molar-refractivity contribution in [3.05, 3.63) is 35.5 Å². The third-order valence-electron chi connectivity index (χ3n) is 6.86. The smallest absolute Gasteiger partial charge is 0.255 e. The first-order valence-corrected chi connectivity index (χ1v) is 9.34. The number of hydrogen-bond acceptors (Lipinski definition) is 3. The van der Waals surface area contributed by atoms with E-state index in [9.17, 15) is 14.4 Å². The van der Waals surface area contributed by atoms with Gasteiger partial charge in [0.2, 0.25) is 11.8 Å². The summed E-state index contributed by atoms with van der Waals surface area (Å²) in [5.74, 6) is -0.615. The summed E-state index contributed by atoms with van der Waals surface area (Å²) in [5.41, 5.74) is 1.09. The molecule has 0 aromatic rings. The number of rotatable bonds is 1. The number of piperidine rings is 1. The minimum absolute atomic E-state index is 0.0322. The Morgan fingerprint density at radius 3 is 2.38 bits per heavy atom. The lowest BCUT2D eigenvalue weighted by atomic mass is 9.67. The van der Waals surface area contributed by atoms with Crippen LogP contribution in [0.1, 0.15) is 47.0 Å². The van der Waals surface area contributed by atoms with Crippen molar-refractivity contribution in [2.75, 3.05) is 6.54 Å². The molecular formula is C21H26N2O3. The van der Waals surface area contributed by atoms with E-state index >= 15 is 0 Å². The summed E-state index contributed by atoms with van der Waals surface area (Å²) < 4.78 is 0. The Kier molecular flexibility index (Phi) is 3.44. The van der Waals surface area contributed by atoms with Gasteiger partial charge in [-0.2, -0.15) is 0 Å². The molecule has 4 aliphatic rings. The van der Waals surface area contributed by atoms with Crippen LogP contribution in [0.5, 0.6) is 0 Å². The van der Waals surface area contributed by atoms with E-state index in [1.165, 1.54) is 0 Å². The Hall–Kier alpha value is -2.17. The van der Waals surface area contributed by atoms with Gasteiger partial charge >= 0.3 is 0 Å². The molecule has 2 aliphatic carbocycles. The molecule has 2 fully saturated rings. The molecule has 0 bridgehead atoms. The van der Waals surface area contributed by atoms with Gasteiger partial charge in [0, 0.05) is 17.5 Å². The van der Waals surface area contributed by atoms with Crippen LogP contribution >= 0.6 is 0 Å². The number of nitrogens with one attached hydrogen (secondary N) is 1. The third kappa shape index (κ3) is 2.40. The van der Waals surface area contributed by atoms with Crippen LogP contribution in [0.2, 0.25) is 0 Å². The molecule has 0 radical (unpaired) electrons. The topological polar surface area (TPSA) is 66.5 Å². The molecule has 1 saturated heterocycles. The van der Waals surface area contributed by atoms with E-state index in [0.717, 1.165) is 18.4 Å². The maximum absolute atomic E-state index is 13.0. The Morgan fingerprint density at radius 2 is 1.77 bits per heavy atom. The second kappa shape index (κ2) is 5.18. The molecule has 0 aromatic carbocycles. The molecule has 138 valence electrons. The molecule has 1 N–H and O–H groups in total. The Labute approximate surface area is 154 Å². The van der Waals surface area contributed by atoms with Crippen LogP contribution in [0, 0.1) is 16.2 Å². The number of amides is 3. The van der Waals surface area contributed by atoms with Crippen LogP contribution < -0.4 is 5.32 Å². The van der Waals surface area contributed by atoms with Crippen molar-refractivity contribution in [2.45, 2.75) is 53.0 Å². The molecular weight excluding hydrogens is 328 g/mol. The maximum atomic E-state index is 13.0. The first kappa shape index (κ1) is 17.3. The Morgan fingerprint density at radius 1 is 1.12 bits per heavy atom. The van der Waals surface area contributed by atoms with E-state index in [-0.39, 0.29) is 28.6 Å². The molecule has 5 heteroatoms. The van der Waals surface area contributed by atoms with Gasteiger partial charge in [0.25, 0.3) is 5.91 Å². The normalized spacial score (nSPS) is 32.8. The van der Waals surface area contributed by atoms with Gasteiger partial charge in [0.05, 0.1) is 5.41 Å². The van der Waals surface area contributed by atoms with E-state index < -0.39 is 11.5 Å². The highest BCUT2D eigenvalue weighted by Gasteiger charge is 2.57. The third-order valence-corrected chi connectivity index (χ3v) is 6.86. The molecule has 26 heavy (non-hydrogen) atoms. The zero-order valence-electron chi connectivity index (χ0n) is 15.9. The summed E-state index contributed by atoms with van der Waals surface area (Å²) in [5, 5.41) is 2.48. The number of allylic oxidation sites excluding steroid dienone is 2. The second-order valence-electron chi connectivity index (χ2n) is 9.39. The van der Waals surface area contributed by atoms with Gasteiger partial charge in [0.15, 0.2) is 0 Å². The summed E-state index contributed by atoms with van der Waals surface area (Å²) in [6.07, 6.45) is 10.3. The average Bonchev–Trinajstić information content (AvgIpc) is 3.28. The van der Waals surface area contributed by atoms with E-state index in [1.54, 1.807) is 4.90 Å². The molecule has 3 amide bonds. The molecule has 5 nitrogen and oxygen atoms in total. The predicted molar refractivity (Wildman–Crippen MR) is 97.8 cm³/mol. The van der Waals surface area contributed by atoms with E-state index in [0.29, 0.717) is 18.5 Å². The molecule has 1 saturated carbocycles. The van der Waals surface area contributed by atoms with Crippen molar-refractivity contribution >= 4 is 17.7 Å². The van der Waals surface area contributed by atoms with Crippen LogP contribution in [0.25, 0.3) is 0 Å². The first-order valence-electron chi connectivity index (χ1n) is 9.34. The summed E-state index contributed by atoms with van der Waals surface area (Å²) in [6, 6.07) is -0.551.